The number of hydrogen-bond donors (Lipinski definition) is 0. The van der Waals surface area contributed by atoms with Crippen molar-refractivity contribution in [3.05, 3.63) is 35.9 Å². The molecule has 0 aliphatic heterocycles. The van der Waals surface area contributed by atoms with Crippen molar-refractivity contribution in [2.75, 3.05) is 7.11 Å². The van der Waals surface area contributed by atoms with Crippen molar-refractivity contribution < 1.29 is 9.53 Å². The number of esters is 1. The third kappa shape index (κ3) is 1.39. The van der Waals surface area contributed by atoms with Gasteiger partial charge in [-0.2, -0.15) is 5.26 Å². The van der Waals surface area contributed by atoms with Crippen molar-refractivity contribution in [3.8, 4) is 6.07 Å². The topological polar surface area (TPSA) is 50.1 Å². The predicted molar refractivity (Wildman–Crippen MR) is 53.9 cm³/mol. The summed E-state index contributed by atoms with van der Waals surface area (Å²) < 4.78 is 4.66. The maximum Gasteiger partial charge on any atom is 0.310 e. The Kier molecular flexibility index (Phi) is 2.20. The quantitative estimate of drug-likeness (QED) is 0.683. The van der Waals surface area contributed by atoms with Crippen LogP contribution in [-0.4, -0.2) is 13.1 Å². The van der Waals surface area contributed by atoms with Gasteiger partial charge in [-0.15, -0.1) is 0 Å². The molecule has 0 radical (unpaired) electrons. The largest absolute Gasteiger partial charge is 0.469 e. The van der Waals surface area contributed by atoms with Crippen LogP contribution in [0.25, 0.3) is 0 Å². The zero-order valence-electron chi connectivity index (χ0n) is 8.43. The van der Waals surface area contributed by atoms with Crippen LogP contribution in [0.4, 0.5) is 0 Å². The third-order valence-corrected chi connectivity index (χ3v) is 2.93. The summed E-state index contributed by atoms with van der Waals surface area (Å²) in [7, 11) is 1.35. The maximum atomic E-state index is 11.3. The lowest BCUT2D eigenvalue weighted by Gasteiger charge is -2.07. The van der Waals surface area contributed by atoms with Gasteiger partial charge in [-0.3, -0.25) is 4.79 Å². The molecule has 1 aliphatic rings. The van der Waals surface area contributed by atoms with Gasteiger partial charge in [0, 0.05) is 0 Å². The minimum Gasteiger partial charge on any atom is -0.469 e. The molecular weight excluding hydrogens is 190 g/mol. The molecule has 0 saturated heterocycles. The molecule has 0 N–H and O–H groups in total. The summed E-state index contributed by atoms with van der Waals surface area (Å²) >= 11 is 0. The summed E-state index contributed by atoms with van der Waals surface area (Å²) in [6.07, 6.45) is 0.570. The van der Waals surface area contributed by atoms with E-state index in [9.17, 15) is 4.79 Å². The van der Waals surface area contributed by atoms with Crippen LogP contribution in [0.15, 0.2) is 30.3 Å². The first-order valence-corrected chi connectivity index (χ1v) is 4.79. The van der Waals surface area contributed by atoms with Crippen molar-refractivity contribution in [2.24, 2.45) is 5.92 Å². The average Bonchev–Trinajstić information content (AvgIpc) is 3.05. The minimum atomic E-state index is -0.644. The van der Waals surface area contributed by atoms with Crippen molar-refractivity contribution in [1.29, 1.82) is 5.26 Å². The molecule has 15 heavy (non-hydrogen) atoms. The highest BCUT2D eigenvalue weighted by Gasteiger charge is 2.61. The Morgan fingerprint density at radius 2 is 2.20 bits per heavy atom. The standard InChI is InChI=1S/C12H11NO2/c1-15-11(14)10-7-12(10,8-13)9-5-3-2-4-6-9/h2-6,10H,7H2,1H3. The van der Waals surface area contributed by atoms with Gasteiger partial charge in [0.1, 0.15) is 0 Å². The van der Waals surface area contributed by atoms with Crippen molar-refractivity contribution >= 4 is 5.97 Å². The SMILES string of the molecule is COC(=O)C1CC1(C#N)c1ccccc1. The highest BCUT2D eigenvalue weighted by Crippen LogP contribution is 2.54. The van der Waals surface area contributed by atoms with E-state index >= 15 is 0 Å². The Morgan fingerprint density at radius 3 is 2.73 bits per heavy atom. The number of carbonyl (C=O) groups excluding carboxylic acids is 1. The third-order valence-electron chi connectivity index (χ3n) is 2.93. The molecule has 0 bridgehead atoms. The van der Waals surface area contributed by atoms with Gasteiger partial charge >= 0.3 is 5.97 Å². The second kappa shape index (κ2) is 3.39. The monoisotopic (exact) mass is 201 g/mol. The average molecular weight is 201 g/mol. The smallest absolute Gasteiger partial charge is 0.310 e. The lowest BCUT2D eigenvalue weighted by molar-refractivity contribution is -0.142. The van der Waals surface area contributed by atoms with Crippen molar-refractivity contribution in [2.45, 2.75) is 11.8 Å². The van der Waals surface area contributed by atoms with Crippen LogP contribution in [0, 0.1) is 17.2 Å². The van der Waals surface area contributed by atoms with Crippen LogP contribution < -0.4 is 0 Å². The van der Waals surface area contributed by atoms with Crippen LogP contribution in [0.3, 0.4) is 0 Å². The molecule has 0 aromatic heterocycles. The van der Waals surface area contributed by atoms with Gasteiger partial charge in [0.15, 0.2) is 0 Å². The molecule has 0 amide bonds. The number of nitrogens with zero attached hydrogens (tertiary/aromatic N) is 1. The lowest BCUT2D eigenvalue weighted by atomic mass is 9.95. The number of methoxy groups -OCH3 is 1. The highest BCUT2D eigenvalue weighted by atomic mass is 16.5. The molecule has 1 saturated carbocycles. The van der Waals surface area contributed by atoms with E-state index in [1.54, 1.807) is 0 Å². The molecular formula is C12H11NO2. The molecule has 3 heteroatoms. The molecule has 1 fully saturated rings. The molecule has 2 atom stereocenters. The fraction of sp³-hybridized carbons (Fsp3) is 0.333. The number of hydrogen-bond acceptors (Lipinski definition) is 3. The molecule has 76 valence electrons. The summed E-state index contributed by atoms with van der Waals surface area (Å²) in [5.74, 6) is -0.588. The predicted octanol–water partition coefficient (Wildman–Crippen LogP) is 1.64. The second-order valence-corrected chi connectivity index (χ2v) is 3.73. The second-order valence-electron chi connectivity index (χ2n) is 3.73. The summed E-state index contributed by atoms with van der Waals surface area (Å²) in [5, 5.41) is 9.17. The zero-order valence-corrected chi connectivity index (χ0v) is 8.43. The summed E-state index contributed by atoms with van der Waals surface area (Å²) in [4.78, 5) is 11.3. The fourth-order valence-corrected chi connectivity index (χ4v) is 1.93. The van der Waals surface area contributed by atoms with Gasteiger partial charge in [-0.25, -0.2) is 0 Å². The van der Waals surface area contributed by atoms with E-state index in [-0.39, 0.29) is 11.9 Å². The normalized spacial score (nSPS) is 27.9. The van der Waals surface area contributed by atoms with Gasteiger partial charge in [0.05, 0.1) is 24.5 Å². The Labute approximate surface area is 88.3 Å². The molecule has 3 nitrogen and oxygen atoms in total. The van der Waals surface area contributed by atoms with E-state index in [1.807, 2.05) is 30.3 Å². The van der Waals surface area contributed by atoms with Gasteiger partial charge < -0.3 is 4.74 Å². The molecule has 1 aromatic carbocycles. The number of benzene rings is 1. The summed E-state index contributed by atoms with van der Waals surface area (Å²) in [5.41, 5.74) is 0.261. The highest BCUT2D eigenvalue weighted by molar-refractivity contribution is 5.80. The Morgan fingerprint density at radius 1 is 1.53 bits per heavy atom. The van der Waals surface area contributed by atoms with Crippen LogP contribution in [0.5, 0.6) is 0 Å². The fourth-order valence-electron chi connectivity index (χ4n) is 1.93. The molecule has 1 aromatic rings. The minimum absolute atomic E-state index is 0.291. The lowest BCUT2D eigenvalue weighted by Crippen LogP contribution is -2.14. The Balaban J connectivity index is 2.29. The summed E-state index contributed by atoms with van der Waals surface area (Å²) in [6.45, 7) is 0. The first kappa shape index (κ1) is 9.72. The first-order valence-electron chi connectivity index (χ1n) is 4.79. The molecule has 2 unspecified atom stereocenters. The van der Waals surface area contributed by atoms with Crippen LogP contribution in [-0.2, 0) is 14.9 Å². The van der Waals surface area contributed by atoms with E-state index in [2.05, 4.69) is 10.8 Å². The number of rotatable bonds is 2. The van der Waals surface area contributed by atoms with Gasteiger partial charge in [0.25, 0.3) is 0 Å². The van der Waals surface area contributed by atoms with Crippen molar-refractivity contribution in [3.63, 3.8) is 0 Å². The molecule has 0 heterocycles. The maximum absolute atomic E-state index is 11.3. The number of nitriles is 1. The number of carbonyl (C=O) groups is 1. The summed E-state index contributed by atoms with van der Waals surface area (Å²) in [6, 6.07) is 11.6. The van der Waals surface area contributed by atoms with Gasteiger partial charge in [0.2, 0.25) is 0 Å². The van der Waals surface area contributed by atoms with Crippen LogP contribution in [0.2, 0.25) is 0 Å². The Bertz CT molecular complexity index is 421. The molecule has 1 aliphatic carbocycles. The molecule has 2 rings (SSSR count). The van der Waals surface area contributed by atoms with Gasteiger partial charge in [-0.05, 0) is 12.0 Å². The molecule has 0 spiro atoms. The Hall–Kier alpha value is -1.82. The van der Waals surface area contributed by atoms with Crippen molar-refractivity contribution in [1.82, 2.24) is 0 Å². The first-order chi connectivity index (χ1) is 7.24. The zero-order chi connectivity index (χ0) is 10.9. The van der Waals surface area contributed by atoms with E-state index < -0.39 is 5.41 Å². The van der Waals surface area contributed by atoms with E-state index in [0.717, 1.165) is 5.56 Å². The number of ether oxygens (including phenoxy) is 1. The van der Waals surface area contributed by atoms with Gasteiger partial charge in [-0.1, -0.05) is 30.3 Å². The van der Waals surface area contributed by atoms with E-state index in [4.69, 9.17) is 5.26 Å². The van der Waals surface area contributed by atoms with E-state index in [1.165, 1.54) is 7.11 Å². The van der Waals surface area contributed by atoms with E-state index in [0.29, 0.717) is 6.42 Å². The van der Waals surface area contributed by atoms with Crippen LogP contribution in [0.1, 0.15) is 12.0 Å². The van der Waals surface area contributed by atoms with Crippen LogP contribution >= 0.6 is 0 Å².